The van der Waals surface area contributed by atoms with Crippen LogP contribution < -0.4 is 9.47 Å². The Morgan fingerprint density at radius 1 is 1.07 bits per heavy atom. The van der Waals surface area contributed by atoms with Crippen molar-refractivity contribution in [3.63, 3.8) is 0 Å². The maximum absolute atomic E-state index is 14.0. The number of aliphatic hydroxyl groups is 2. The second kappa shape index (κ2) is 22.2. The minimum atomic E-state index is -1.33. The fourth-order valence-electron chi connectivity index (χ4n) is 9.31. The van der Waals surface area contributed by atoms with Crippen molar-refractivity contribution in [3.8, 4) is 11.5 Å². The van der Waals surface area contributed by atoms with Crippen LogP contribution in [-0.2, 0) is 19.0 Å². The molecule has 1 saturated heterocycles. The highest BCUT2D eigenvalue weighted by atomic mass is 32.2. The molecular weight excluding hydrogens is 757 g/mol. The second-order valence-electron chi connectivity index (χ2n) is 15.6. The summed E-state index contributed by atoms with van der Waals surface area (Å²) in [6.45, 7) is 10.1. The Kier molecular flexibility index (Phi) is 16.8. The van der Waals surface area contributed by atoms with Crippen LogP contribution in [0.2, 0.25) is 0 Å². The number of fused-ring (bicyclic) bond motifs is 2. The van der Waals surface area contributed by atoms with Gasteiger partial charge >= 0.3 is 6.09 Å². The lowest BCUT2D eigenvalue weighted by Gasteiger charge is -2.60. The zero-order chi connectivity index (χ0) is 40.7. The van der Waals surface area contributed by atoms with Crippen molar-refractivity contribution in [2.45, 2.75) is 113 Å². The number of rotatable bonds is 22. The summed E-state index contributed by atoms with van der Waals surface area (Å²) in [7, 11) is 0. The molecule has 2 aliphatic carbocycles. The molecule has 318 valence electrons. The van der Waals surface area contributed by atoms with E-state index >= 15 is 0 Å². The van der Waals surface area contributed by atoms with Crippen LogP contribution in [0.1, 0.15) is 96.0 Å². The molecule has 2 N–H and O–H groups in total. The third-order valence-corrected chi connectivity index (χ3v) is 12.7. The fraction of sp³-hybridized carbons (Fsp3) is 0.609. The summed E-state index contributed by atoms with van der Waals surface area (Å²) in [5.41, 5.74) is 2.76. The largest absolute Gasteiger partial charge is 0.493 e. The molecule has 2 fully saturated rings. The van der Waals surface area contributed by atoms with Crippen LogP contribution in [0.5, 0.6) is 11.5 Å². The lowest BCUT2D eigenvalue weighted by atomic mass is 9.55. The lowest BCUT2D eigenvalue weighted by molar-refractivity contribution is -0.255. The summed E-state index contributed by atoms with van der Waals surface area (Å²) >= 11 is 1.76. The number of allylic oxidation sites excluding steroid dienone is 1. The zero-order valence-corrected chi connectivity index (χ0v) is 35.3. The van der Waals surface area contributed by atoms with E-state index in [-0.39, 0.29) is 44.2 Å². The Labute approximate surface area is 349 Å². The van der Waals surface area contributed by atoms with Crippen molar-refractivity contribution in [2.24, 2.45) is 22.9 Å². The van der Waals surface area contributed by atoms with E-state index in [9.17, 15) is 15.0 Å². The van der Waals surface area contributed by atoms with Gasteiger partial charge in [0.05, 0.1) is 38.1 Å². The van der Waals surface area contributed by atoms with Gasteiger partial charge in [-0.05, 0) is 99.6 Å². The molecule has 2 aromatic carbocycles. The number of benzene rings is 2. The Morgan fingerprint density at radius 3 is 2.60 bits per heavy atom. The van der Waals surface area contributed by atoms with Gasteiger partial charge in [-0.25, -0.2) is 4.79 Å². The number of unbranched alkanes of at least 4 members (excludes halogenated alkanes) is 2. The number of carbonyl (C=O) groups is 1. The number of hydrogen-bond acceptors (Lipinski definition) is 11. The molecule has 0 radical (unpaired) electrons. The predicted octanol–water partition coefficient (Wildman–Crippen LogP) is 8.89. The minimum absolute atomic E-state index is 0.113. The van der Waals surface area contributed by atoms with Crippen molar-refractivity contribution in [1.29, 1.82) is 0 Å². The van der Waals surface area contributed by atoms with Crippen LogP contribution in [0, 0.1) is 17.8 Å². The first-order valence-corrected chi connectivity index (χ1v) is 22.6. The number of thioether (sulfide) groups is 1. The number of hydrogen-bond donors (Lipinski definition) is 2. The van der Waals surface area contributed by atoms with Crippen LogP contribution in [0.15, 0.2) is 82.9 Å². The van der Waals surface area contributed by atoms with E-state index in [1.54, 1.807) is 22.7 Å². The molecule has 1 amide bonds. The number of nitrogens with zero attached hydrogens (tertiary/aromatic N) is 2. The summed E-state index contributed by atoms with van der Waals surface area (Å²) in [4.78, 5) is 23.2. The van der Waals surface area contributed by atoms with Gasteiger partial charge in [-0.3, -0.25) is 4.90 Å². The first-order valence-electron chi connectivity index (χ1n) is 21.6. The SMILES string of the molecule is C=CCOC12Oc3ccc(OCCSc4ccccc4)cc3C3C(CCCCO)C(CCCCO)C=C(C(=NOC4CCCCO4)CC1N(CCC)C(=O)OCC)C32. The fourth-order valence-corrected chi connectivity index (χ4v) is 10.1. The van der Waals surface area contributed by atoms with Crippen molar-refractivity contribution in [3.05, 3.63) is 78.4 Å². The van der Waals surface area contributed by atoms with Crippen LogP contribution in [0.25, 0.3) is 0 Å². The van der Waals surface area contributed by atoms with Gasteiger partial charge in [0, 0.05) is 54.7 Å². The molecular formula is C46H64N2O9S. The number of carbonyl (C=O) groups excluding carboxylic acids is 1. The normalized spacial score (nSPS) is 26.8. The number of ether oxygens (including phenoxy) is 5. The predicted molar refractivity (Wildman–Crippen MR) is 226 cm³/mol. The van der Waals surface area contributed by atoms with Gasteiger partial charge in [0.1, 0.15) is 17.5 Å². The molecule has 2 heterocycles. The molecule has 11 nitrogen and oxygen atoms in total. The number of aliphatic hydroxyl groups excluding tert-OH is 2. The van der Waals surface area contributed by atoms with E-state index < -0.39 is 30.1 Å². The van der Waals surface area contributed by atoms with Gasteiger partial charge in [0.15, 0.2) is 0 Å². The van der Waals surface area contributed by atoms with Gasteiger partial charge in [0.25, 0.3) is 0 Å². The molecule has 4 aliphatic rings. The van der Waals surface area contributed by atoms with E-state index in [0.29, 0.717) is 51.2 Å². The van der Waals surface area contributed by atoms with Gasteiger partial charge < -0.3 is 38.7 Å². The van der Waals surface area contributed by atoms with E-state index in [4.69, 9.17) is 33.7 Å². The number of amides is 1. The minimum Gasteiger partial charge on any atom is -0.493 e. The van der Waals surface area contributed by atoms with Crippen LogP contribution in [0.4, 0.5) is 4.79 Å². The molecule has 58 heavy (non-hydrogen) atoms. The molecule has 7 atom stereocenters. The first kappa shape index (κ1) is 44.0. The standard InChI is InChI=1S/C46H64N2O9S/c1-4-23-48(45(51)52-6-3)41-32-39(47-57-42-20-12-15-27-54-42)37-30-33(16-10-13-24-49)36(19-11-14-25-50)43-38-31-34(53-28-29-58-35-17-8-7-9-18-35)21-22-40(38)56-46(41,44(37)43)55-26-5-2/h5,7-9,17-18,21-22,30-31,33,36,41-44,49-50H,2,4,6,10-16,19-20,23-29,32H2,1,3H3. The Balaban J connectivity index is 1.50. The quantitative estimate of drug-likeness (QED) is 0.0515. The molecule has 2 aliphatic heterocycles. The smallest absolute Gasteiger partial charge is 0.410 e. The lowest BCUT2D eigenvalue weighted by Crippen LogP contribution is -2.70. The average molecular weight is 821 g/mol. The number of oxime groups is 1. The van der Waals surface area contributed by atoms with Crippen LogP contribution in [0.3, 0.4) is 0 Å². The molecule has 0 aromatic heterocycles. The molecule has 1 saturated carbocycles. The van der Waals surface area contributed by atoms with Gasteiger partial charge in [0.2, 0.25) is 12.1 Å². The van der Waals surface area contributed by atoms with Gasteiger partial charge in [-0.15, -0.1) is 18.3 Å². The average Bonchev–Trinajstić information content (AvgIpc) is 3.25. The topological polar surface area (TPSA) is 129 Å². The molecule has 0 bridgehead atoms. The van der Waals surface area contributed by atoms with Gasteiger partial charge in [-0.1, -0.05) is 55.3 Å². The summed E-state index contributed by atoms with van der Waals surface area (Å²) in [5, 5.41) is 24.7. The summed E-state index contributed by atoms with van der Waals surface area (Å²) < 4.78 is 32.5. The van der Waals surface area contributed by atoms with Crippen LogP contribution >= 0.6 is 11.8 Å². The molecule has 0 spiro atoms. The zero-order valence-electron chi connectivity index (χ0n) is 34.4. The van der Waals surface area contributed by atoms with Crippen molar-refractivity contribution in [2.75, 3.05) is 51.9 Å². The molecule has 2 aromatic rings. The summed E-state index contributed by atoms with van der Waals surface area (Å²) in [5.74, 6) is 0.603. The monoisotopic (exact) mass is 820 g/mol. The Hall–Kier alpha value is -3.55. The Morgan fingerprint density at radius 2 is 1.88 bits per heavy atom. The van der Waals surface area contributed by atoms with Crippen molar-refractivity contribution < 1.29 is 43.5 Å². The molecule has 7 unspecified atom stereocenters. The van der Waals surface area contributed by atoms with E-state index in [1.165, 1.54) is 4.90 Å². The van der Waals surface area contributed by atoms with Crippen molar-refractivity contribution >= 4 is 23.6 Å². The van der Waals surface area contributed by atoms with Crippen molar-refractivity contribution in [1.82, 2.24) is 4.90 Å². The van der Waals surface area contributed by atoms with Gasteiger partial charge in [-0.2, -0.15) is 0 Å². The third kappa shape index (κ3) is 10.4. The van der Waals surface area contributed by atoms with E-state index in [2.05, 4.69) is 30.9 Å². The highest BCUT2D eigenvalue weighted by Gasteiger charge is 2.65. The van der Waals surface area contributed by atoms with Crippen LogP contribution in [-0.4, -0.2) is 97.0 Å². The summed E-state index contributed by atoms with van der Waals surface area (Å²) in [6, 6.07) is 15.8. The maximum atomic E-state index is 14.0. The highest BCUT2D eigenvalue weighted by Crippen LogP contribution is 2.62. The molecule has 6 rings (SSSR count). The van der Waals surface area contributed by atoms with E-state index in [1.807, 2.05) is 44.2 Å². The second-order valence-corrected chi connectivity index (χ2v) is 16.7. The highest BCUT2D eigenvalue weighted by molar-refractivity contribution is 7.99. The molecule has 12 heteroatoms. The summed E-state index contributed by atoms with van der Waals surface area (Å²) in [6.07, 6.45) is 11.8. The first-order chi connectivity index (χ1) is 28.5. The van der Waals surface area contributed by atoms with E-state index in [0.717, 1.165) is 73.3 Å². The Bertz CT molecular complexity index is 1670. The maximum Gasteiger partial charge on any atom is 0.410 e. The third-order valence-electron chi connectivity index (χ3n) is 11.8.